The highest BCUT2D eigenvalue weighted by Crippen LogP contribution is 2.35. The molecule has 0 fully saturated rings. The molecule has 0 saturated carbocycles. The van der Waals surface area contributed by atoms with Crippen LogP contribution in [-0.4, -0.2) is 46.7 Å². The van der Waals surface area contributed by atoms with Crippen molar-refractivity contribution in [2.45, 2.75) is 6.23 Å². The fourth-order valence-electron chi connectivity index (χ4n) is 3.20. The van der Waals surface area contributed by atoms with Gasteiger partial charge in [0.15, 0.2) is 6.23 Å². The van der Waals surface area contributed by atoms with E-state index in [4.69, 9.17) is 0 Å². The van der Waals surface area contributed by atoms with E-state index in [9.17, 15) is 19.5 Å². The molecular formula is C18H14N2O4. The monoisotopic (exact) mass is 322 g/mol. The third-order valence-electron chi connectivity index (χ3n) is 4.67. The van der Waals surface area contributed by atoms with Gasteiger partial charge in [0.25, 0.3) is 17.7 Å². The van der Waals surface area contributed by atoms with Crippen LogP contribution < -0.4 is 0 Å². The van der Waals surface area contributed by atoms with Gasteiger partial charge < -0.3 is 10.0 Å². The number of carbonyl (C=O) groups is 3. The van der Waals surface area contributed by atoms with Crippen LogP contribution in [0.15, 0.2) is 36.4 Å². The maximum absolute atomic E-state index is 12.1. The minimum absolute atomic E-state index is 0.222. The van der Waals surface area contributed by atoms with Gasteiger partial charge in [-0.3, -0.25) is 19.3 Å². The molecule has 1 atom stereocenters. The number of rotatable bonds is 1. The van der Waals surface area contributed by atoms with Crippen molar-refractivity contribution < 1.29 is 19.5 Å². The van der Waals surface area contributed by atoms with Gasteiger partial charge in [-0.25, -0.2) is 0 Å². The van der Waals surface area contributed by atoms with Gasteiger partial charge in [0.2, 0.25) is 0 Å². The van der Waals surface area contributed by atoms with Crippen molar-refractivity contribution in [2.75, 3.05) is 14.1 Å². The summed E-state index contributed by atoms with van der Waals surface area (Å²) in [6.07, 6.45) is -0.976. The van der Waals surface area contributed by atoms with Gasteiger partial charge in [-0.1, -0.05) is 12.1 Å². The summed E-state index contributed by atoms with van der Waals surface area (Å²) < 4.78 is 0. The second-order valence-electron chi connectivity index (χ2n) is 6.02. The van der Waals surface area contributed by atoms with E-state index in [0.29, 0.717) is 22.3 Å². The van der Waals surface area contributed by atoms with Gasteiger partial charge in [-0.05, 0) is 35.4 Å². The molecule has 3 amide bonds. The molecule has 2 heterocycles. The maximum Gasteiger partial charge on any atom is 0.261 e. The largest absolute Gasteiger partial charge is 0.369 e. The number of benzene rings is 2. The molecule has 120 valence electrons. The lowest BCUT2D eigenvalue weighted by atomic mass is 9.97. The van der Waals surface area contributed by atoms with Crippen molar-refractivity contribution in [1.29, 1.82) is 0 Å². The number of imide groups is 1. The molecule has 0 saturated heterocycles. The lowest BCUT2D eigenvalue weighted by Crippen LogP contribution is -2.24. The van der Waals surface area contributed by atoms with Gasteiger partial charge >= 0.3 is 0 Å². The number of fused-ring (bicyclic) bond motifs is 2. The fraction of sp³-hybridized carbons (Fsp3) is 0.167. The molecule has 2 aromatic rings. The van der Waals surface area contributed by atoms with Gasteiger partial charge in [-0.15, -0.1) is 0 Å². The number of amides is 3. The summed E-state index contributed by atoms with van der Waals surface area (Å²) in [6, 6.07) is 10.3. The highest BCUT2D eigenvalue weighted by molar-refractivity contribution is 6.21. The zero-order valence-electron chi connectivity index (χ0n) is 13.1. The Labute approximate surface area is 137 Å². The number of nitrogens with zero attached hydrogens (tertiary/aromatic N) is 2. The van der Waals surface area contributed by atoms with Gasteiger partial charge in [0.1, 0.15) is 0 Å². The first-order valence-corrected chi connectivity index (χ1v) is 7.46. The molecule has 0 aliphatic carbocycles. The Morgan fingerprint density at radius 1 is 0.792 bits per heavy atom. The molecule has 0 spiro atoms. The van der Waals surface area contributed by atoms with E-state index in [1.807, 2.05) is 0 Å². The van der Waals surface area contributed by atoms with Crippen molar-refractivity contribution in [3.05, 3.63) is 58.7 Å². The Kier molecular flexibility index (Phi) is 2.89. The van der Waals surface area contributed by atoms with Crippen molar-refractivity contribution in [3.8, 4) is 11.1 Å². The zero-order chi connectivity index (χ0) is 17.2. The Balaban J connectivity index is 1.81. The van der Waals surface area contributed by atoms with Crippen molar-refractivity contribution in [1.82, 2.24) is 9.80 Å². The van der Waals surface area contributed by atoms with Crippen LogP contribution in [-0.2, 0) is 0 Å². The van der Waals surface area contributed by atoms with Crippen LogP contribution in [0.25, 0.3) is 11.1 Å². The average molecular weight is 322 g/mol. The highest BCUT2D eigenvalue weighted by Gasteiger charge is 2.34. The minimum Gasteiger partial charge on any atom is -0.369 e. The zero-order valence-corrected chi connectivity index (χ0v) is 13.1. The van der Waals surface area contributed by atoms with Gasteiger partial charge in [0.05, 0.1) is 11.1 Å². The van der Waals surface area contributed by atoms with Crippen LogP contribution in [0.4, 0.5) is 0 Å². The van der Waals surface area contributed by atoms with E-state index in [2.05, 4.69) is 0 Å². The van der Waals surface area contributed by atoms with Crippen LogP contribution in [0.1, 0.15) is 42.9 Å². The molecule has 1 unspecified atom stereocenters. The number of hydrogen-bond acceptors (Lipinski definition) is 4. The second-order valence-corrected chi connectivity index (χ2v) is 6.02. The summed E-state index contributed by atoms with van der Waals surface area (Å²) in [5.41, 5.74) is 3.30. The Morgan fingerprint density at radius 3 is 2.08 bits per heavy atom. The van der Waals surface area contributed by atoms with Crippen molar-refractivity contribution in [2.24, 2.45) is 0 Å². The molecule has 1 N–H and O–H groups in total. The third-order valence-corrected chi connectivity index (χ3v) is 4.67. The summed E-state index contributed by atoms with van der Waals surface area (Å²) in [4.78, 5) is 38.4. The lowest BCUT2D eigenvalue weighted by Gasteiger charge is -2.14. The predicted octanol–water partition coefficient (Wildman–Crippen LogP) is 1.66. The summed E-state index contributed by atoms with van der Waals surface area (Å²) in [6.45, 7) is 0. The topological polar surface area (TPSA) is 77.9 Å². The van der Waals surface area contributed by atoms with Crippen LogP contribution >= 0.6 is 0 Å². The van der Waals surface area contributed by atoms with Crippen LogP contribution in [0.3, 0.4) is 0 Å². The Hall–Kier alpha value is -2.99. The molecule has 6 nitrogen and oxygen atoms in total. The van der Waals surface area contributed by atoms with Crippen LogP contribution in [0.5, 0.6) is 0 Å². The number of aliphatic hydroxyl groups excluding tert-OH is 1. The summed E-state index contributed by atoms with van der Waals surface area (Å²) in [7, 11) is 3.00. The summed E-state index contributed by atoms with van der Waals surface area (Å²) in [5.74, 6) is -0.855. The lowest BCUT2D eigenvalue weighted by molar-refractivity contribution is 0.0301. The SMILES string of the molecule is CN1C(=O)c2ccc(-c3ccc4c(c3)C(O)N(C)C4=O)cc2C1=O. The quantitative estimate of drug-likeness (QED) is 0.810. The second kappa shape index (κ2) is 4.75. The molecule has 2 aromatic carbocycles. The molecule has 0 aromatic heterocycles. The van der Waals surface area contributed by atoms with E-state index in [1.165, 1.54) is 11.9 Å². The number of aliphatic hydroxyl groups is 1. The highest BCUT2D eigenvalue weighted by atomic mass is 16.3. The summed E-state index contributed by atoms with van der Waals surface area (Å²) in [5, 5.41) is 10.2. The van der Waals surface area contributed by atoms with E-state index >= 15 is 0 Å². The van der Waals surface area contributed by atoms with Crippen molar-refractivity contribution >= 4 is 17.7 Å². The van der Waals surface area contributed by atoms with Gasteiger partial charge in [0, 0.05) is 25.2 Å². The minimum atomic E-state index is -0.976. The van der Waals surface area contributed by atoms with E-state index in [1.54, 1.807) is 43.4 Å². The molecule has 6 heteroatoms. The smallest absolute Gasteiger partial charge is 0.261 e. The Bertz CT molecular complexity index is 935. The van der Waals surface area contributed by atoms with Gasteiger partial charge in [-0.2, -0.15) is 0 Å². The van der Waals surface area contributed by atoms with Crippen LogP contribution in [0, 0.1) is 0 Å². The standard InChI is InChI=1S/C18H14N2O4/c1-19-15(21)11-5-3-9(7-13(11)17(19)23)10-4-6-12-14(8-10)18(24)20(2)16(12)22/h3-8,17,23H,1-2H3. The molecular weight excluding hydrogens is 308 g/mol. The van der Waals surface area contributed by atoms with E-state index in [0.717, 1.165) is 16.0 Å². The molecule has 2 aliphatic rings. The molecule has 0 radical (unpaired) electrons. The average Bonchev–Trinajstić information content (AvgIpc) is 2.95. The van der Waals surface area contributed by atoms with E-state index in [-0.39, 0.29) is 17.7 Å². The third kappa shape index (κ3) is 1.77. The molecule has 24 heavy (non-hydrogen) atoms. The molecule has 4 rings (SSSR count). The number of carbonyl (C=O) groups excluding carboxylic acids is 3. The first-order chi connectivity index (χ1) is 11.4. The van der Waals surface area contributed by atoms with Crippen molar-refractivity contribution in [3.63, 3.8) is 0 Å². The molecule has 0 bridgehead atoms. The van der Waals surface area contributed by atoms with Crippen LogP contribution in [0.2, 0.25) is 0 Å². The summed E-state index contributed by atoms with van der Waals surface area (Å²) >= 11 is 0. The normalized spacial score (nSPS) is 19.1. The number of hydrogen-bond donors (Lipinski definition) is 1. The molecule has 2 aliphatic heterocycles. The maximum atomic E-state index is 12.1. The predicted molar refractivity (Wildman–Crippen MR) is 85.4 cm³/mol. The Morgan fingerprint density at radius 2 is 1.38 bits per heavy atom. The first kappa shape index (κ1) is 14.6. The first-order valence-electron chi connectivity index (χ1n) is 7.46. The fourth-order valence-corrected chi connectivity index (χ4v) is 3.20. The van der Waals surface area contributed by atoms with E-state index < -0.39 is 6.23 Å².